The standard InChI is InChI=1S/C16H12FN5OS3/c17-11-5-3-10(4-6-11)8-18-15-20-21-16(26-15)25-9-13-19-14(23-22-13)12-2-1-7-24-12/h1-7H,8-9H2,(H,18,20). The first-order valence-corrected chi connectivity index (χ1v) is 10.3. The Balaban J connectivity index is 1.30. The van der Waals surface area contributed by atoms with Crippen molar-refractivity contribution >= 4 is 39.6 Å². The van der Waals surface area contributed by atoms with Gasteiger partial charge in [-0.15, -0.1) is 21.5 Å². The van der Waals surface area contributed by atoms with Crippen LogP contribution in [0.3, 0.4) is 0 Å². The third-order valence-corrected chi connectivity index (χ3v) is 6.16. The molecule has 0 saturated carbocycles. The SMILES string of the molecule is Fc1ccc(CNc2nnc(SCc3noc(-c4cccs4)n3)s2)cc1. The third-order valence-electron chi connectivity index (χ3n) is 3.29. The molecule has 1 aromatic carbocycles. The number of thiophene rings is 1. The molecule has 0 aliphatic carbocycles. The zero-order chi connectivity index (χ0) is 17.8. The molecule has 0 radical (unpaired) electrons. The monoisotopic (exact) mass is 405 g/mol. The number of thioether (sulfide) groups is 1. The second-order valence-corrected chi connectivity index (χ2v) is 8.28. The second-order valence-electron chi connectivity index (χ2n) is 5.13. The van der Waals surface area contributed by atoms with E-state index >= 15 is 0 Å². The summed E-state index contributed by atoms with van der Waals surface area (Å²) in [6.07, 6.45) is 0. The number of nitrogens with one attached hydrogen (secondary N) is 1. The molecule has 1 N–H and O–H groups in total. The maximum atomic E-state index is 12.9. The summed E-state index contributed by atoms with van der Waals surface area (Å²) in [4.78, 5) is 5.34. The van der Waals surface area contributed by atoms with E-state index in [1.165, 1.54) is 35.2 Å². The molecule has 26 heavy (non-hydrogen) atoms. The lowest BCUT2D eigenvalue weighted by atomic mass is 10.2. The molecule has 0 amide bonds. The van der Waals surface area contributed by atoms with Crippen LogP contribution in [0.15, 0.2) is 50.6 Å². The van der Waals surface area contributed by atoms with Crippen molar-refractivity contribution in [3.05, 3.63) is 59.0 Å². The van der Waals surface area contributed by atoms with Gasteiger partial charge in [-0.3, -0.25) is 0 Å². The quantitative estimate of drug-likeness (QED) is 0.447. The Morgan fingerprint density at radius 3 is 2.85 bits per heavy atom. The van der Waals surface area contributed by atoms with Gasteiger partial charge in [-0.1, -0.05) is 46.5 Å². The first-order valence-electron chi connectivity index (χ1n) is 7.57. The molecule has 4 aromatic rings. The highest BCUT2D eigenvalue weighted by Gasteiger charge is 2.11. The zero-order valence-corrected chi connectivity index (χ0v) is 15.7. The summed E-state index contributed by atoms with van der Waals surface area (Å²) in [5, 5.41) is 18.1. The van der Waals surface area contributed by atoms with Crippen LogP contribution in [-0.4, -0.2) is 20.3 Å². The van der Waals surface area contributed by atoms with Crippen molar-refractivity contribution in [1.82, 2.24) is 20.3 Å². The van der Waals surface area contributed by atoms with Gasteiger partial charge in [0.1, 0.15) is 5.82 Å². The van der Waals surface area contributed by atoms with Gasteiger partial charge < -0.3 is 9.84 Å². The molecule has 0 saturated heterocycles. The van der Waals surface area contributed by atoms with E-state index in [0.29, 0.717) is 29.1 Å². The number of halogens is 1. The van der Waals surface area contributed by atoms with Gasteiger partial charge in [-0.05, 0) is 29.1 Å². The number of benzene rings is 1. The first-order chi connectivity index (χ1) is 12.8. The van der Waals surface area contributed by atoms with Gasteiger partial charge >= 0.3 is 0 Å². The van der Waals surface area contributed by atoms with Crippen LogP contribution in [0.4, 0.5) is 9.52 Å². The van der Waals surface area contributed by atoms with Crippen molar-refractivity contribution in [3.63, 3.8) is 0 Å². The molecule has 0 fully saturated rings. The third kappa shape index (κ3) is 4.26. The Morgan fingerprint density at radius 1 is 1.15 bits per heavy atom. The molecule has 4 rings (SSSR count). The minimum atomic E-state index is -0.243. The predicted octanol–water partition coefficient (Wildman–Crippen LogP) is 4.69. The van der Waals surface area contributed by atoms with Crippen LogP contribution in [0, 0.1) is 5.82 Å². The van der Waals surface area contributed by atoms with E-state index in [1.807, 2.05) is 17.5 Å². The molecule has 0 spiro atoms. The maximum absolute atomic E-state index is 12.9. The number of hydrogen-bond donors (Lipinski definition) is 1. The van der Waals surface area contributed by atoms with E-state index in [9.17, 15) is 4.39 Å². The van der Waals surface area contributed by atoms with Gasteiger partial charge in [0.2, 0.25) is 5.13 Å². The van der Waals surface area contributed by atoms with E-state index in [2.05, 4.69) is 25.7 Å². The Labute approximate surface area is 160 Å². The number of anilines is 1. The molecule has 0 aliphatic heterocycles. The lowest BCUT2D eigenvalue weighted by Gasteiger charge is -2.01. The Kier molecular flexibility index (Phi) is 5.23. The van der Waals surface area contributed by atoms with Crippen molar-refractivity contribution in [2.75, 3.05) is 5.32 Å². The smallest absolute Gasteiger partial charge is 0.268 e. The Bertz CT molecular complexity index is 968. The lowest BCUT2D eigenvalue weighted by molar-refractivity contribution is 0.426. The van der Waals surface area contributed by atoms with E-state index in [1.54, 1.807) is 23.5 Å². The van der Waals surface area contributed by atoms with Gasteiger partial charge in [-0.2, -0.15) is 4.98 Å². The number of aromatic nitrogens is 4. The normalized spacial score (nSPS) is 11.0. The van der Waals surface area contributed by atoms with Crippen molar-refractivity contribution in [3.8, 4) is 10.8 Å². The average Bonchev–Trinajstić information content (AvgIpc) is 3.40. The highest BCUT2D eigenvalue weighted by molar-refractivity contribution is 8.00. The van der Waals surface area contributed by atoms with Crippen LogP contribution < -0.4 is 5.32 Å². The van der Waals surface area contributed by atoms with Crippen LogP contribution in [0.5, 0.6) is 0 Å². The fourth-order valence-electron chi connectivity index (χ4n) is 2.06. The van der Waals surface area contributed by atoms with Crippen LogP contribution in [0.25, 0.3) is 10.8 Å². The molecule has 0 atom stereocenters. The summed E-state index contributed by atoms with van der Waals surface area (Å²) in [5.74, 6) is 1.47. The molecule has 3 heterocycles. The zero-order valence-electron chi connectivity index (χ0n) is 13.3. The summed E-state index contributed by atoms with van der Waals surface area (Å²) in [5.41, 5.74) is 0.976. The molecule has 0 aliphatic rings. The second kappa shape index (κ2) is 7.94. The molecular weight excluding hydrogens is 393 g/mol. The minimum Gasteiger partial charge on any atom is -0.356 e. The number of rotatable bonds is 7. The summed E-state index contributed by atoms with van der Waals surface area (Å²) in [6.45, 7) is 0.564. The van der Waals surface area contributed by atoms with Crippen molar-refractivity contribution < 1.29 is 8.91 Å². The fourth-order valence-corrected chi connectivity index (χ4v) is 4.29. The average molecular weight is 406 g/mol. The molecule has 132 valence electrons. The topological polar surface area (TPSA) is 76.7 Å². The van der Waals surface area contributed by atoms with Crippen LogP contribution in [0.2, 0.25) is 0 Å². The predicted molar refractivity (Wildman–Crippen MR) is 101 cm³/mol. The maximum Gasteiger partial charge on any atom is 0.268 e. The summed E-state index contributed by atoms with van der Waals surface area (Å²) in [6, 6.07) is 10.2. The largest absolute Gasteiger partial charge is 0.356 e. The highest BCUT2D eigenvalue weighted by atomic mass is 32.2. The molecule has 10 heteroatoms. The van der Waals surface area contributed by atoms with E-state index in [4.69, 9.17) is 4.52 Å². The van der Waals surface area contributed by atoms with E-state index < -0.39 is 0 Å². The molecule has 6 nitrogen and oxygen atoms in total. The fraction of sp³-hybridized carbons (Fsp3) is 0.125. The molecule has 3 aromatic heterocycles. The minimum absolute atomic E-state index is 0.243. The number of hydrogen-bond acceptors (Lipinski definition) is 9. The van der Waals surface area contributed by atoms with Crippen molar-refractivity contribution in [2.24, 2.45) is 0 Å². The lowest BCUT2D eigenvalue weighted by Crippen LogP contribution is -1.98. The molecular formula is C16H12FN5OS3. The van der Waals surface area contributed by atoms with Crippen LogP contribution in [0.1, 0.15) is 11.4 Å². The van der Waals surface area contributed by atoms with Gasteiger partial charge in [0.05, 0.1) is 10.6 Å². The summed E-state index contributed by atoms with van der Waals surface area (Å²) >= 11 is 4.51. The number of nitrogens with zero attached hydrogens (tertiary/aromatic N) is 4. The first kappa shape index (κ1) is 17.1. The van der Waals surface area contributed by atoms with Crippen molar-refractivity contribution in [2.45, 2.75) is 16.6 Å². The van der Waals surface area contributed by atoms with Gasteiger partial charge in [0, 0.05) is 6.54 Å². The van der Waals surface area contributed by atoms with E-state index in [0.717, 1.165) is 14.8 Å². The Morgan fingerprint density at radius 2 is 2.04 bits per heavy atom. The Hall–Kier alpha value is -2.30. The van der Waals surface area contributed by atoms with Gasteiger partial charge in [0.25, 0.3) is 5.89 Å². The molecule has 0 bridgehead atoms. The van der Waals surface area contributed by atoms with E-state index in [-0.39, 0.29) is 5.82 Å². The van der Waals surface area contributed by atoms with Crippen LogP contribution in [-0.2, 0) is 12.3 Å². The molecule has 0 unspecified atom stereocenters. The van der Waals surface area contributed by atoms with Crippen molar-refractivity contribution in [1.29, 1.82) is 0 Å². The summed E-state index contributed by atoms with van der Waals surface area (Å²) in [7, 11) is 0. The summed E-state index contributed by atoms with van der Waals surface area (Å²) < 4.78 is 19.0. The van der Waals surface area contributed by atoms with Crippen LogP contribution >= 0.6 is 34.4 Å². The van der Waals surface area contributed by atoms with Gasteiger partial charge in [-0.25, -0.2) is 4.39 Å². The highest BCUT2D eigenvalue weighted by Crippen LogP contribution is 2.29. The van der Waals surface area contributed by atoms with Gasteiger partial charge in [0.15, 0.2) is 10.2 Å².